The summed E-state index contributed by atoms with van der Waals surface area (Å²) in [5.41, 5.74) is 27.6. The van der Waals surface area contributed by atoms with Crippen molar-refractivity contribution in [3.8, 4) is 33.4 Å². The predicted molar refractivity (Wildman–Crippen MR) is 365 cm³/mol. The normalized spacial score (nSPS) is 14.9. The maximum absolute atomic E-state index is 2.44. The van der Waals surface area contributed by atoms with Crippen LogP contribution in [-0.4, -0.2) is 16.1 Å². The first kappa shape index (κ1) is 54.0. The van der Waals surface area contributed by atoms with E-state index in [1.165, 1.54) is 122 Å². The summed E-state index contributed by atoms with van der Waals surface area (Å²) in [6.45, 7) is 28.8. The van der Waals surface area contributed by atoms with Crippen LogP contribution in [0.4, 0.5) is 34.1 Å². The van der Waals surface area contributed by atoms with Crippen LogP contribution in [0.1, 0.15) is 97.2 Å². The highest BCUT2D eigenvalue weighted by atomic mass is 28.3. The van der Waals surface area contributed by atoms with Gasteiger partial charge in [-0.1, -0.05) is 261 Å². The molecule has 0 bridgehead atoms. The zero-order chi connectivity index (χ0) is 57.8. The van der Waals surface area contributed by atoms with Gasteiger partial charge in [-0.25, -0.2) is 0 Å². The number of hydrogen-bond donors (Lipinski definition) is 0. The lowest BCUT2D eigenvalue weighted by atomic mass is 9.81. The Morgan fingerprint density at radius 2 is 0.482 bits per heavy atom. The third kappa shape index (κ3) is 9.50. The van der Waals surface area contributed by atoms with Crippen molar-refractivity contribution in [1.82, 2.24) is 0 Å². The Kier molecular flexibility index (Phi) is 13.0. The highest BCUT2D eigenvalue weighted by Gasteiger charge is 2.39. The van der Waals surface area contributed by atoms with Crippen molar-refractivity contribution in [1.29, 1.82) is 0 Å². The molecule has 3 aliphatic rings. The molecule has 0 aromatic heterocycles. The number of fused-ring (bicyclic) bond motifs is 9. The molecule has 0 heterocycles. The van der Waals surface area contributed by atoms with Crippen LogP contribution in [0.25, 0.3) is 57.7 Å². The lowest BCUT2D eigenvalue weighted by molar-refractivity contribution is 0.660. The van der Waals surface area contributed by atoms with E-state index >= 15 is 0 Å². The van der Waals surface area contributed by atoms with Gasteiger partial charge in [0.05, 0.1) is 16.1 Å². The number of para-hydroxylation sites is 2. The van der Waals surface area contributed by atoms with E-state index in [0.717, 1.165) is 11.4 Å². The number of hydrogen-bond acceptors (Lipinski definition) is 2. The number of nitrogens with zero attached hydrogens (tertiary/aromatic N) is 2. The van der Waals surface area contributed by atoms with Crippen LogP contribution in [-0.2, 0) is 16.2 Å². The Hall–Kier alpha value is -8.29. The van der Waals surface area contributed by atoms with Crippen LogP contribution in [0.3, 0.4) is 0 Å². The highest BCUT2D eigenvalue weighted by molar-refractivity contribution is 6.89. The van der Waals surface area contributed by atoms with E-state index in [-0.39, 0.29) is 16.2 Å². The lowest BCUT2D eigenvalue weighted by Gasteiger charge is -2.28. The van der Waals surface area contributed by atoms with Crippen molar-refractivity contribution in [3.05, 3.63) is 274 Å². The van der Waals surface area contributed by atoms with Crippen LogP contribution < -0.4 is 20.2 Å². The second-order valence-corrected chi connectivity index (χ2v) is 37.3. The standard InChI is InChI=1S/C79H76N2Si2/c1-77(2)71-47-53(23-25-55-29-43-67-69-45-35-61(51-75(69)78(3,4)73(67)49-55)80(57-19-15-13-16-20-57)59-31-37-63(38-32-59)82(7,8)9)27-41-65(71)66-42-28-54(48-72(66)77)24-26-56-30-44-68-70-46-36-62(52-76(70)79(5,6)74(68)50-56)81(58-21-17-14-18-22-58)60-33-39-64(40-34-60)83(10,11)12/h13-52H,1-12H3/b25-23+,26-24+. The summed E-state index contributed by atoms with van der Waals surface area (Å²) >= 11 is 0. The monoisotopic (exact) mass is 1110 g/mol. The Morgan fingerprint density at radius 3 is 0.747 bits per heavy atom. The Bertz CT molecular complexity index is 3950. The molecule has 4 heteroatoms. The molecule has 83 heavy (non-hydrogen) atoms. The Morgan fingerprint density at radius 1 is 0.253 bits per heavy atom. The molecule has 0 N–H and O–H groups in total. The minimum Gasteiger partial charge on any atom is -0.310 e. The van der Waals surface area contributed by atoms with Gasteiger partial charge in [-0.15, -0.1) is 0 Å². The summed E-state index contributed by atoms with van der Waals surface area (Å²) < 4.78 is 0. The van der Waals surface area contributed by atoms with Gasteiger partial charge >= 0.3 is 0 Å². The molecule has 0 radical (unpaired) electrons. The van der Waals surface area contributed by atoms with Gasteiger partial charge in [-0.3, -0.25) is 0 Å². The van der Waals surface area contributed by atoms with Crippen LogP contribution in [0.2, 0.25) is 39.3 Å². The summed E-state index contributed by atoms with van der Waals surface area (Å²) in [5.74, 6) is 0. The average molecular weight is 1110 g/mol. The van der Waals surface area contributed by atoms with E-state index in [1.54, 1.807) is 0 Å². The summed E-state index contributed by atoms with van der Waals surface area (Å²) in [5, 5.41) is 2.94. The third-order valence-corrected chi connectivity index (χ3v) is 22.7. The summed E-state index contributed by atoms with van der Waals surface area (Å²) in [7, 11) is -2.87. The van der Waals surface area contributed by atoms with Crippen molar-refractivity contribution in [3.63, 3.8) is 0 Å². The van der Waals surface area contributed by atoms with Crippen molar-refractivity contribution in [2.24, 2.45) is 0 Å². The molecular weight excluding hydrogens is 1030 g/mol. The van der Waals surface area contributed by atoms with Gasteiger partial charge in [-0.2, -0.15) is 0 Å². The fourth-order valence-corrected chi connectivity index (χ4v) is 15.9. The molecule has 13 rings (SSSR count). The van der Waals surface area contributed by atoms with E-state index in [9.17, 15) is 0 Å². The van der Waals surface area contributed by atoms with Gasteiger partial charge in [0.25, 0.3) is 0 Å². The number of benzene rings is 10. The molecule has 0 saturated carbocycles. The van der Waals surface area contributed by atoms with Crippen molar-refractivity contribution in [2.45, 2.75) is 97.1 Å². The van der Waals surface area contributed by atoms with Gasteiger partial charge in [0.1, 0.15) is 0 Å². The fraction of sp³-hybridized carbons (Fsp3) is 0.190. The second-order valence-electron chi connectivity index (χ2n) is 27.2. The minimum absolute atomic E-state index is 0.149. The molecule has 0 amide bonds. The first-order valence-corrected chi connectivity index (χ1v) is 36.8. The van der Waals surface area contributed by atoms with Crippen LogP contribution in [0.5, 0.6) is 0 Å². The summed E-state index contributed by atoms with van der Waals surface area (Å²) in [4.78, 5) is 4.82. The number of rotatable bonds is 12. The second kappa shape index (κ2) is 20.0. The van der Waals surface area contributed by atoms with E-state index < -0.39 is 16.1 Å². The average Bonchev–Trinajstić information content (AvgIpc) is 2.54. The van der Waals surface area contributed by atoms with E-state index in [0.29, 0.717) is 0 Å². The summed E-state index contributed by atoms with van der Waals surface area (Å²) in [6, 6.07) is 82.6. The third-order valence-electron chi connectivity index (χ3n) is 18.6. The molecule has 0 spiro atoms. The molecule has 10 aromatic carbocycles. The number of anilines is 6. The molecule has 0 unspecified atom stereocenters. The Labute approximate surface area is 496 Å². The molecular formula is C79H76N2Si2. The SMILES string of the molecule is CC1(C)c2cc(/C=C/c3ccc4c(c3)C(C)(C)c3cc(N(c5ccccc5)c5ccc([Si](C)(C)C)cc5)ccc3-4)ccc2-c2ccc(/C=C/c3ccc4c(c3)C(C)(C)c3cc(N(c5ccccc5)c5ccc([Si](C)(C)C)cc5)ccc3-4)cc21. The maximum Gasteiger partial charge on any atom is 0.0775 e. The van der Waals surface area contributed by atoms with Crippen molar-refractivity contribution >= 4 is 84.9 Å². The van der Waals surface area contributed by atoms with E-state index in [2.05, 4.69) is 333 Å². The van der Waals surface area contributed by atoms with Crippen molar-refractivity contribution in [2.75, 3.05) is 9.80 Å². The molecule has 3 aliphatic carbocycles. The minimum atomic E-state index is -1.44. The molecule has 0 atom stereocenters. The summed E-state index contributed by atoms with van der Waals surface area (Å²) in [6.07, 6.45) is 9.21. The fourth-order valence-electron chi connectivity index (χ4n) is 13.6. The van der Waals surface area contributed by atoms with Gasteiger partial charge in [-0.05, 0) is 162 Å². The smallest absolute Gasteiger partial charge is 0.0775 e. The topological polar surface area (TPSA) is 6.48 Å². The molecule has 2 nitrogen and oxygen atoms in total. The van der Waals surface area contributed by atoms with Gasteiger partial charge in [0, 0.05) is 50.4 Å². The van der Waals surface area contributed by atoms with Crippen LogP contribution in [0.15, 0.2) is 218 Å². The molecule has 410 valence electrons. The molecule has 0 saturated heterocycles. The molecule has 10 aromatic rings. The zero-order valence-corrected chi connectivity index (χ0v) is 52.5. The first-order chi connectivity index (χ1) is 39.6. The largest absolute Gasteiger partial charge is 0.310 e. The maximum atomic E-state index is 2.44. The predicted octanol–water partition coefficient (Wildman–Crippen LogP) is 21.0. The van der Waals surface area contributed by atoms with Crippen molar-refractivity contribution < 1.29 is 0 Å². The van der Waals surface area contributed by atoms with Crippen LogP contribution in [0, 0.1) is 0 Å². The molecule has 0 aliphatic heterocycles. The lowest BCUT2D eigenvalue weighted by Crippen LogP contribution is -2.37. The van der Waals surface area contributed by atoms with E-state index in [1.807, 2.05) is 0 Å². The Balaban J connectivity index is 0.724. The van der Waals surface area contributed by atoms with Gasteiger partial charge in [0.15, 0.2) is 0 Å². The van der Waals surface area contributed by atoms with Gasteiger partial charge in [0.2, 0.25) is 0 Å². The quantitative estimate of drug-likeness (QED) is 0.0889. The van der Waals surface area contributed by atoms with Gasteiger partial charge < -0.3 is 9.80 Å². The molecule has 0 fully saturated rings. The first-order valence-electron chi connectivity index (χ1n) is 29.8. The van der Waals surface area contributed by atoms with E-state index in [4.69, 9.17) is 0 Å². The highest BCUT2D eigenvalue weighted by Crippen LogP contribution is 2.54. The zero-order valence-electron chi connectivity index (χ0n) is 50.5. The van der Waals surface area contributed by atoms with Crippen LogP contribution >= 0.6 is 0 Å².